The van der Waals surface area contributed by atoms with E-state index in [4.69, 9.17) is 16.7 Å². The molecule has 0 radical (unpaired) electrons. The maximum Gasteiger partial charge on any atom is 0.339 e. The summed E-state index contributed by atoms with van der Waals surface area (Å²) in [6, 6.07) is 8.67. The first kappa shape index (κ1) is 13.4. The monoisotopic (exact) mass is 280 g/mol. The molecule has 0 aromatic heterocycles. The van der Waals surface area contributed by atoms with Gasteiger partial charge in [0.1, 0.15) is 0 Å². The van der Waals surface area contributed by atoms with Gasteiger partial charge in [0.2, 0.25) is 0 Å². The third-order valence-corrected chi connectivity index (χ3v) is 2.98. The molecule has 0 unspecified atom stereocenters. The topological polar surface area (TPSA) is 46.5 Å². The van der Waals surface area contributed by atoms with Crippen molar-refractivity contribution < 1.29 is 19.0 Å². The Hall–Kier alpha value is -2.07. The van der Waals surface area contributed by atoms with Crippen LogP contribution >= 0.6 is 11.6 Å². The molecule has 98 valence electrons. The Balaban J connectivity index is 2.51. The minimum absolute atomic E-state index is 0.204. The van der Waals surface area contributed by atoms with Crippen molar-refractivity contribution in [3.05, 3.63) is 52.8 Å². The highest BCUT2D eigenvalue weighted by atomic mass is 35.5. The van der Waals surface area contributed by atoms with E-state index in [2.05, 4.69) is 4.74 Å². The van der Waals surface area contributed by atoms with Crippen LogP contribution < -0.4 is 0 Å². The molecule has 3 nitrogen and oxygen atoms in total. The molecule has 0 aliphatic carbocycles. The average Bonchev–Trinajstić information content (AvgIpc) is 2.41. The minimum atomic E-state index is -0.730. The fourth-order valence-electron chi connectivity index (χ4n) is 1.66. The highest BCUT2D eigenvalue weighted by Crippen LogP contribution is 2.28. The number of aromatic hydroxyl groups is 1. The van der Waals surface area contributed by atoms with Crippen LogP contribution in [0.4, 0.5) is 4.39 Å². The van der Waals surface area contributed by atoms with Crippen molar-refractivity contribution in [1.29, 1.82) is 0 Å². The van der Waals surface area contributed by atoms with Crippen LogP contribution in [-0.2, 0) is 4.74 Å². The highest BCUT2D eigenvalue weighted by molar-refractivity contribution is 6.33. The van der Waals surface area contributed by atoms with E-state index in [0.717, 1.165) is 0 Å². The van der Waals surface area contributed by atoms with Gasteiger partial charge in [-0.1, -0.05) is 23.7 Å². The number of carbonyl (C=O) groups excluding carboxylic acids is 1. The summed E-state index contributed by atoms with van der Waals surface area (Å²) in [7, 11) is 1.26. The molecule has 2 aromatic carbocycles. The van der Waals surface area contributed by atoms with Gasteiger partial charge in [-0.3, -0.25) is 0 Å². The fourth-order valence-corrected chi connectivity index (χ4v) is 1.85. The first-order valence-electron chi connectivity index (χ1n) is 5.39. The van der Waals surface area contributed by atoms with Gasteiger partial charge in [0, 0.05) is 0 Å². The van der Waals surface area contributed by atoms with E-state index in [1.807, 2.05) is 0 Å². The van der Waals surface area contributed by atoms with Crippen molar-refractivity contribution in [2.24, 2.45) is 0 Å². The lowest BCUT2D eigenvalue weighted by atomic mass is 10.0. The molecule has 0 spiro atoms. The summed E-state index contributed by atoms with van der Waals surface area (Å²) < 4.78 is 17.9. The van der Waals surface area contributed by atoms with E-state index in [9.17, 15) is 9.18 Å². The molecule has 0 aliphatic heterocycles. The van der Waals surface area contributed by atoms with Gasteiger partial charge in [-0.2, -0.15) is 0 Å². The van der Waals surface area contributed by atoms with Crippen LogP contribution in [0.5, 0.6) is 5.75 Å². The van der Waals surface area contributed by atoms with Gasteiger partial charge in [0.05, 0.1) is 17.7 Å². The molecule has 0 saturated carbocycles. The lowest BCUT2D eigenvalue weighted by Crippen LogP contribution is -2.02. The van der Waals surface area contributed by atoms with Gasteiger partial charge >= 0.3 is 5.97 Å². The van der Waals surface area contributed by atoms with Gasteiger partial charge in [-0.25, -0.2) is 9.18 Å². The van der Waals surface area contributed by atoms with Crippen LogP contribution in [-0.4, -0.2) is 18.2 Å². The maximum absolute atomic E-state index is 13.3. The molecule has 2 rings (SSSR count). The first-order chi connectivity index (χ1) is 9.02. The molecule has 19 heavy (non-hydrogen) atoms. The van der Waals surface area contributed by atoms with Crippen LogP contribution in [0, 0.1) is 5.82 Å². The zero-order valence-electron chi connectivity index (χ0n) is 9.98. The number of halogens is 2. The van der Waals surface area contributed by atoms with Crippen molar-refractivity contribution in [2.75, 3.05) is 7.11 Å². The summed E-state index contributed by atoms with van der Waals surface area (Å²) in [5, 5.41) is 9.40. The third-order valence-electron chi connectivity index (χ3n) is 2.65. The number of rotatable bonds is 2. The summed E-state index contributed by atoms with van der Waals surface area (Å²) in [6.07, 6.45) is 0. The number of carbonyl (C=O) groups is 1. The summed E-state index contributed by atoms with van der Waals surface area (Å²) in [6.45, 7) is 0. The molecule has 0 aliphatic rings. The Morgan fingerprint density at radius 1 is 1.21 bits per heavy atom. The van der Waals surface area contributed by atoms with E-state index >= 15 is 0 Å². The zero-order chi connectivity index (χ0) is 14.0. The number of phenols is 1. The lowest BCUT2D eigenvalue weighted by molar-refractivity contribution is 0.0601. The number of methoxy groups -OCH3 is 1. The van der Waals surface area contributed by atoms with Crippen molar-refractivity contribution in [1.82, 2.24) is 0 Å². The van der Waals surface area contributed by atoms with Crippen molar-refractivity contribution in [2.45, 2.75) is 0 Å². The zero-order valence-corrected chi connectivity index (χ0v) is 10.7. The van der Waals surface area contributed by atoms with E-state index in [1.54, 1.807) is 12.1 Å². The summed E-state index contributed by atoms with van der Waals surface area (Å²) in [4.78, 5) is 11.5. The third kappa shape index (κ3) is 2.69. The molecule has 1 N–H and O–H groups in total. The largest absolute Gasteiger partial charge is 0.505 e. The second kappa shape index (κ2) is 5.28. The van der Waals surface area contributed by atoms with Gasteiger partial charge in [-0.05, 0) is 35.4 Å². The Morgan fingerprint density at radius 2 is 1.84 bits per heavy atom. The Bertz CT molecular complexity index is 641. The lowest BCUT2D eigenvalue weighted by Gasteiger charge is -2.07. The van der Waals surface area contributed by atoms with E-state index < -0.39 is 17.5 Å². The number of benzene rings is 2. The predicted molar refractivity (Wildman–Crippen MR) is 69.9 cm³/mol. The van der Waals surface area contributed by atoms with Gasteiger partial charge in [-0.15, -0.1) is 0 Å². The molecule has 5 heteroatoms. The molecule has 2 aromatic rings. The molecule has 0 fully saturated rings. The second-order valence-electron chi connectivity index (χ2n) is 3.85. The molecule has 0 heterocycles. The second-order valence-corrected chi connectivity index (χ2v) is 4.26. The van der Waals surface area contributed by atoms with E-state index in [-0.39, 0.29) is 10.6 Å². The molecule has 0 bridgehead atoms. The summed E-state index contributed by atoms with van der Waals surface area (Å²) in [5.74, 6) is -1.72. The molecule has 0 saturated heterocycles. The van der Waals surface area contributed by atoms with Gasteiger partial charge in [0.25, 0.3) is 0 Å². The van der Waals surface area contributed by atoms with E-state index in [0.29, 0.717) is 11.1 Å². The SMILES string of the molecule is COC(=O)c1cc(-c2ccc(O)c(F)c2)ccc1Cl. The van der Waals surface area contributed by atoms with Gasteiger partial charge < -0.3 is 9.84 Å². The van der Waals surface area contributed by atoms with E-state index in [1.165, 1.54) is 31.4 Å². The van der Waals surface area contributed by atoms with Crippen LogP contribution in [0.3, 0.4) is 0 Å². The Labute approximate surface area is 114 Å². The fraction of sp³-hybridized carbons (Fsp3) is 0.0714. The highest BCUT2D eigenvalue weighted by Gasteiger charge is 2.12. The molecule has 0 amide bonds. The molecular weight excluding hydrogens is 271 g/mol. The van der Waals surface area contributed by atoms with Gasteiger partial charge in [0.15, 0.2) is 11.6 Å². The smallest absolute Gasteiger partial charge is 0.339 e. The quantitative estimate of drug-likeness (QED) is 0.854. The Kier molecular flexibility index (Phi) is 3.71. The summed E-state index contributed by atoms with van der Waals surface area (Å²) in [5.41, 5.74) is 1.33. The number of hydrogen-bond acceptors (Lipinski definition) is 3. The van der Waals surface area contributed by atoms with Crippen LogP contribution in [0.1, 0.15) is 10.4 Å². The van der Waals surface area contributed by atoms with Crippen molar-refractivity contribution in [3.8, 4) is 16.9 Å². The van der Waals surface area contributed by atoms with Crippen LogP contribution in [0.15, 0.2) is 36.4 Å². The van der Waals surface area contributed by atoms with Crippen LogP contribution in [0.25, 0.3) is 11.1 Å². The average molecular weight is 281 g/mol. The normalized spacial score (nSPS) is 10.3. The minimum Gasteiger partial charge on any atom is -0.505 e. The predicted octanol–water partition coefficient (Wildman–Crippen LogP) is 3.64. The standard InChI is InChI=1S/C14H10ClFO3/c1-19-14(18)10-6-8(2-4-11(10)15)9-3-5-13(17)12(16)7-9/h2-7,17H,1H3. The Morgan fingerprint density at radius 3 is 2.47 bits per heavy atom. The molecule has 0 atom stereocenters. The summed E-state index contributed by atoms with van der Waals surface area (Å²) >= 11 is 5.90. The number of ether oxygens (including phenoxy) is 1. The van der Waals surface area contributed by atoms with Crippen molar-refractivity contribution in [3.63, 3.8) is 0 Å². The van der Waals surface area contributed by atoms with Crippen molar-refractivity contribution >= 4 is 17.6 Å². The van der Waals surface area contributed by atoms with Crippen LogP contribution in [0.2, 0.25) is 5.02 Å². The number of hydrogen-bond donors (Lipinski definition) is 1. The maximum atomic E-state index is 13.3. The first-order valence-corrected chi connectivity index (χ1v) is 5.77. The number of esters is 1. The number of phenolic OH excluding ortho intramolecular Hbond substituents is 1. The molecular formula is C14H10ClFO3.